The average molecular weight is 274 g/mol. The third-order valence-corrected chi connectivity index (χ3v) is 5.24. The summed E-state index contributed by atoms with van der Waals surface area (Å²) in [6, 6.07) is 4.88. The summed E-state index contributed by atoms with van der Waals surface area (Å²) in [5.74, 6) is -0.563. The number of sulfonamides is 1. The van der Waals surface area contributed by atoms with E-state index in [-0.39, 0.29) is 9.77 Å². The molecule has 16 heavy (non-hydrogen) atoms. The van der Waals surface area contributed by atoms with E-state index in [9.17, 15) is 13.2 Å². The van der Waals surface area contributed by atoms with Crippen LogP contribution < -0.4 is 4.72 Å². The fraction of sp³-hybridized carbons (Fsp3) is 0. The predicted octanol–water partition coefficient (Wildman–Crippen LogP) is 1.99. The number of halogens is 1. The van der Waals surface area contributed by atoms with Gasteiger partial charge in [0.1, 0.15) is 9.77 Å². The highest BCUT2D eigenvalue weighted by Crippen LogP contribution is 2.38. The summed E-state index contributed by atoms with van der Waals surface area (Å²) < 4.78 is 26.0. The maximum absolute atomic E-state index is 11.7. The predicted molar refractivity (Wildman–Crippen MR) is 61.5 cm³/mol. The fourth-order valence-corrected chi connectivity index (χ4v) is 4.79. The van der Waals surface area contributed by atoms with E-state index in [1.165, 1.54) is 0 Å². The molecule has 1 aromatic heterocycles. The lowest BCUT2D eigenvalue weighted by Crippen LogP contribution is -2.21. The molecule has 0 saturated heterocycles. The Balaban J connectivity index is 2.52. The highest BCUT2D eigenvalue weighted by Gasteiger charge is 2.36. The zero-order valence-electron chi connectivity index (χ0n) is 7.65. The number of fused-ring (bicyclic) bond motifs is 3. The third kappa shape index (κ3) is 1.20. The van der Waals surface area contributed by atoms with E-state index in [1.54, 1.807) is 18.2 Å². The second kappa shape index (κ2) is 2.97. The Morgan fingerprint density at radius 3 is 2.81 bits per heavy atom. The molecule has 0 bridgehead atoms. The Hall–Kier alpha value is -1.11. The summed E-state index contributed by atoms with van der Waals surface area (Å²) in [6.07, 6.45) is 0. The molecule has 2 heterocycles. The number of carbonyl (C=O) groups excluding carboxylic acids is 1. The fourth-order valence-electron chi connectivity index (χ4n) is 1.68. The first-order valence-electron chi connectivity index (χ1n) is 4.28. The Morgan fingerprint density at radius 2 is 2.06 bits per heavy atom. The van der Waals surface area contributed by atoms with Crippen molar-refractivity contribution in [3.63, 3.8) is 0 Å². The van der Waals surface area contributed by atoms with Gasteiger partial charge in [0.15, 0.2) is 0 Å². The van der Waals surface area contributed by atoms with Crippen molar-refractivity contribution in [3.8, 4) is 0 Å². The largest absolute Gasteiger partial charge is 0.276 e. The standard InChI is InChI=1S/C9H4ClNO3S2/c10-4-1-2-5-6(3-4)15-7-8(5)16(13,14)11-9(7)12/h1-3H,(H,11,12). The molecule has 0 radical (unpaired) electrons. The van der Waals surface area contributed by atoms with E-state index in [2.05, 4.69) is 0 Å². The monoisotopic (exact) mass is 273 g/mol. The first-order chi connectivity index (χ1) is 7.49. The smallest absolute Gasteiger partial charge is 0.267 e. The van der Waals surface area contributed by atoms with Gasteiger partial charge in [-0.15, -0.1) is 11.3 Å². The Morgan fingerprint density at radius 1 is 1.31 bits per heavy atom. The van der Waals surface area contributed by atoms with Gasteiger partial charge in [0, 0.05) is 15.1 Å². The molecular formula is C9H4ClNO3S2. The zero-order chi connectivity index (χ0) is 11.5. The first-order valence-corrected chi connectivity index (χ1v) is 6.96. The molecule has 0 atom stereocenters. The average Bonchev–Trinajstić information content (AvgIpc) is 2.64. The zero-order valence-corrected chi connectivity index (χ0v) is 10.0. The van der Waals surface area contributed by atoms with Crippen LogP contribution in [0.15, 0.2) is 23.1 Å². The molecule has 0 aliphatic carbocycles. The quantitative estimate of drug-likeness (QED) is 0.798. The molecule has 1 N–H and O–H groups in total. The van der Waals surface area contributed by atoms with Crippen molar-refractivity contribution in [1.82, 2.24) is 4.72 Å². The van der Waals surface area contributed by atoms with Crippen molar-refractivity contribution >= 4 is 49.0 Å². The topological polar surface area (TPSA) is 63.2 Å². The first kappa shape index (κ1) is 10.1. The highest BCUT2D eigenvalue weighted by atomic mass is 35.5. The summed E-state index contributed by atoms with van der Waals surface area (Å²) in [4.78, 5) is 11.7. The summed E-state index contributed by atoms with van der Waals surface area (Å²) in [7, 11) is -3.68. The molecule has 1 aliphatic rings. The molecule has 2 aromatic rings. The van der Waals surface area contributed by atoms with Gasteiger partial charge in [-0.1, -0.05) is 17.7 Å². The van der Waals surface area contributed by atoms with Crippen molar-refractivity contribution in [2.75, 3.05) is 0 Å². The van der Waals surface area contributed by atoms with Crippen LogP contribution in [0.3, 0.4) is 0 Å². The molecule has 1 aromatic carbocycles. The minimum Gasteiger partial charge on any atom is -0.267 e. The summed E-state index contributed by atoms with van der Waals surface area (Å²) in [6.45, 7) is 0. The number of benzene rings is 1. The van der Waals surface area contributed by atoms with Gasteiger partial charge in [-0.25, -0.2) is 13.1 Å². The summed E-state index contributed by atoms with van der Waals surface area (Å²) >= 11 is 6.94. The molecule has 1 aliphatic heterocycles. The minimum absolute atomic E-state index is 0.0779. The van der Waals surface area contributed by atoms with Crippen molar-refractivity contribution in [2.24, 2.45) is 0 Å². The third-order valence-electron chi connectivity index (χ3n) is 2.31. The lowest BCUT2D eigenvalue weighted by molar-refractivity contribution is 0.0989. The molecule has 0 spiro atoms. The molecular weight excluding hydrogens is 270 g/mol. The van der Waals surface area contributed by atoms with Crippen molar-refractivity contribution in [2.45, 2.75) is 4.90 Å². The molecule has 1 amide bonds. The lowest BCUT2D eigenvalue weighted by atomic mass is 10.2. The van der Waals surface area contributed by atoms with Crippen LogP contribution in [0.2, 0.25) is 5.02 Å². The van der Waals surface area contributed by atoms with E-state index < -0.39 is 15.9 Å². The minimum atomic E-state index is -3.68. The Labute approximate surface area is 99.9 Å². The SMILES string of the molecule is O=C1NS(=O)(=O)c2c1sc1cc(Cl)ccc21. The van der Waals surface area contributed by atoms with Crippen LogP contribution in [-0.4, -0.2) is 14.3 Å². The van der Waals surface area contributed by atoms with Crippen LogP contribution in [0.4, 0.5) is 0 Å². The van der Waals surface area contributed by atoms with E-state index in [0.717, 1.165) is 11.3 Å². The van der Waals surface area contributed by atoms with E-state index in [4.69, 9.17) is 11.6 Å². The molecule has 0 unspecified atom stereocenters. The second-order valence-electron chi connectivity index (χ2n) is 3.34. The molecule has 82 valence electrons. The number of nitrogens with one attached hydrogen (secondary N) is 1. The van der Waals surface area contributed by atoms with Gasteiger partial charge in [-0.2, -0.15) is 0 Å². The lowest BCUT2D eigenvalue weighted by Gasteiger charge is -1.96. The van der Waals surface area contributed by atoms with Crippen LogP contribution in [0.1, 0.15) is 9.67 Å². The van der Waals surface area contributed by atoms with Gasteiger partial charge in [-0.3, -0.25) is 4.79 Å². The normalized spacial score (nSPS) is 17.4. The summed E-state index contributed by atoms with van der Waals surface area (Å²) in [5.41, 5.74) is 0. The van der Waals surface area contributed by atoms with E-state index in [1.807, 2.05) is 4.72 Å². The molecule has 0 fully saturated rings. The van der Waals surface area contributed by atoms with Gasteiger partial charge in [-0.05, 0) is 12.1 Å². The number of thiophene rings is 1. The molecule has 7 heteroatoms. The summed E-state index contributed by atoms with van der Waals surface area (Å²) in [5, 5.41) is 1.06. The van der Waals surface area contributed by atoms with Gasteiger partial charge >= 0.3 is 0 Å². The van der Waals surface area contributed by atoms with Crippen LogP contribution in [0.25, 0.3) is 10.1 Å². The maximum Gasteiger partial charge on any atom is 0.276 e. The van der Waals surface area contributed by atoms with Crippen molar-refractivity contribution < 1.29 is 13.2 Å². The van der Waals surface area contributed by atoms with Crippen molar-refractivity contribution in [1.29, 1.82) is 0 Å². The Kier molecular flexibility index (Phi) is 1.87. The number of rotatable bonds is 0. The van der Waals surface area contributed by atoms with Crippen LogP contribution >= 0.6 is 22.9 Å². The molecule has 4 nitrogen and oxygen atoms in total. The highest BCUT2D eigenvalue weighted by molar-refractivity contribution is 7.91. The van der Waals surface area contributed by atoms with Crippen LogP contribution in [0, 0.1) is 0 Å². The molecule has 3 rings (SSSR count). The number of carbonyl (C=O) groups is 1. The number of hydrogen-bond donors (Lipinski definition) is 1. The van der Waals surface area contributed by atoms with Crippen LogP contribution in [0.5, 0.6) is 0 Å². The van der Waals surface area contributed by atoms with Crippen LogP contribution in [-0.2, 0) is 10.0 Å². The van der Waals surface area contributed by atoms with Crippen molar-refractivity contribution in [3.05, 3.63) is 28.1 Å². The van der Waals surface area contributed by atoms with Gasteiger partial charge < -0.3 is 0 Å². The van der Waals surface area contributed by atoms with E-state index in [0.29, 0.717) is 15.1 Å². The van der Waals surface area contributed by atoms with Gasteiger partial charge in [0.2, 0.25) is 0 Å². The van der Waals surface area contributed by atoms with Gasteiger partial charge in [0.25, 0.3) is 15.9 Å². The number of hydrogen-bond acceptors (Lipinski definition) is 4. The second-order valence-corrected chi connectivity index (χ2v) is 6.44. The van der Waals surface area contributed by atoms with Gasteiger partial charge in [0.05, 0.1) is 0 Å². The molecule has 0 saturated carbocycles. The Bertz CT molecular complexity index is 733. The number of amides is 1. The van der Waals surface area contributed by atoms with E-state index >= 15 is 0 Å². The maximum atomic E-state index is 11.7.